The molecule has 0 atom stereocenters. The number of halogens is 1. The van der Waals surface area contributed by atoms with Gasteiger partial charge in [0, 0.05) is 18.5 Å². The van der Waals surface area contributed by atoms with E-state index in [1.165, 1.54) is 23.5 Å². The Morgan fingerprint density at radius 1 is 1.17 bits per heavy atom. The van der Waals surface area contributed by atoms with Crippen LogP contribution in [0.3, 0.4) is 0 Å². The molecule has 0 saturated carbocycles. The van der Waals surface area contributed by atoms with E-state index in [2.05, 4.69) is 27.0 Å². The number of benzene rings is 2. The van der Waals surface area contributed by atoms with Gasteiger partial charge < -0.3 is 9.64 Å². The van der Waals surface area contributed by atoms with Gasteiger partial charge in [-0.25, -0.2) is 14.4 Å². The van der Waals surface area contributed by atoms with Crippen molar-refractivity contribution in [1.82, 2.24) is 9.97 Å². The normalized spacial score (nSPS) is 13.8. The van der Waals surface area contributed by atoms with Crippen LogP contribution in [0.15, 0.2) is 42.7 Å². The minimum absolute atomic E-state index is 0.313. The van der Waals surface area contributed by atoms with Gasteiger partial charge in [0.2, 0.25) is 0 Å². The highest BCUT2D eigenvalue weighted by Crippen LogP contribution is 2.30. The second kappa shape index (κ2) is 6.07. The van der Waals surface area contributed by atoms with E-state index in [-0.39, 0.29) is 5.82 Å². The Balaban J connectivity index is 1.72. The molecule has 2 aromatic carbocycles. The smallest absolute Gasteiger partial charge is 0.149 e. The third-order valence-electron chi connectivity index (χ3n) is 4.40. The predicted molar refractivity (Wildman–Crippen MR) is 91.9 cm³/mol. The van der Waals surface area contributed by atoms with Crippen LogP contribution in [0.1, 0.15) is 18.1 Å². The van der Waals surface area contributed by atoms with E-state index in [0.29, 0.717) is 12.1 Å². The fourth-order valence-electron chi connectivity index (χ4n) is 3.26. The average molecular weight is 323 g/mol. The molecule has 5 heteroatoms. The first-order chi connectivity index (χ1) is 11.8. The van der Waals surface area contributed by atoms with Crippen molar-refractivity contribution in [3.63, 3.8) is 0 Å². The summed E-state index contributed by atoms with van der Waals surface area (Å²) in [5.74, 6) is 1.36. The Labute approximate surface area is 139 Å². The predicted octanol–water partition coefficient (Wildman–Crippen LogP) is 3.73. The SMILES string of the molecule is CCOc1ccc2c(c1)CN(c1ncnc3c(F)cccc13)CC2. The lowest BCUT2D eigenvalue weighted by Gasteiger charge is -2.30. The molecule has 3 aromatic rings. The topological polar surface area (TPSA) is 38.2 Å². The second-order valence-corrected chi connectivity index (χ2v) is 5.87. The molecule has 0 unspecified atom stereocenters. The highest BCUT2D eigenvalue weighted by Gasteiger charge is 2.20. The lowest BCUT2D eigenvalue weighted by Crippen LogP contribution is -2.31. The molecule has 0 fully saturated rings. The van der Waals surface area contributed by atoms with Crippen molar-refractivity contribution in [2.75, 3.05) is 18.1 Å². The quantitative estimate of drug-likeness (QED) is 0.736. The molecule has 0 spiro atoms. The highest BCUT2D eigenvalue weighted by molar-refractivity contribution is 5.89. The lowest BCUT2D eigenvalue weighted by atomic mass is 9.99. The summed E-state index contributed by atoms with van der Waals surface area (Å²) in [6.07, 6.45) is 2.37. The standard InChI is InChI=1S/C19H18FN3O/c1-2-24-15-7-6-13-8-9-23(11-14(13)10-15)19-16-4-3-5-17(20)18(16)21-12-22-19/h3-7,10,12H,2,8-9,11H2,1H3. The molecular weight excluding hydrogens is 305 g/mol. The molecule has 0 saturated heterocycles. The Morgan fingerprint density at radius 3 is 2.96 bits per heavy atom. The van der Waals surface area contributed by atoms with Crippen LogP contribution in [0, 0.1) is 5.82 Å². The Bertz CT molecular complexity index is 897. The fourth-order valence-corrected chi connectivity index (χ4v) is 3.26. The Kier molecular flexibility index (Phi) is 3.76. The number of rotatable bonds is 3. The van der Waals surface area contributed by atoms with Gasteiger partial charge in [-0.05, 0) is 48.7 Å². The fraction of sp³-hybridized carbons (Fsp3) is 0.263. The van der Waals surface area contributed by atoms with E-state index in [1.54, 1.807) is 6.07 Å². The van der Waals surface area contributed by atoms with Crippen LogP contribution in [-0.4, -0.2) is 23.1 Å². The molecule has 1 aromatic heterocycles. The summed E-state index contributed by atoms with van der Waals surface area (Å²) in [7, 11) is 0. The Morgan fingerprint density at radius 2 is 2.08 bits per heavy atom. The van der Waals surface area contributed by atoms with Gasteiger partial charge in [-0.1, -0.05) is 12.1 Å². The number of para-hydroxylation sites is 1. The van der Waals surface area contributed by atoms with Crippen LogP contribution in [0.5, 0.6) is 5.75 Å². The number of ether oxygens (including phenoxy) is 1. The summed E-state index contributed by atoms with van der Waals surface area (Å²) in [6.45, 7) is 4.22. The van der Waals surface area contributed by atoms with Crippen LogP contribution in [-0.2, 0) is 13.0 Å². The van der Waals surface area contributed by atoms with Crippen LogP contribution in [0.4, 0.5) is 10.2 Å². The minimum Gasteiger partial charge on any atom is -0.494 e. The van der Waals surface area contributed by atoms with Crippen molar-refractivity contribution in [2.45, 2.75) is 19.9 Å². The summed E-state index contributed by atoms with van der Waals surface area (Å²) in [6, 6.07) is 11.3. The largest absolute Gasteiger partial charge is 0.494 e. The van der Waals surface area contributed by atoms with E-state index in [0.717, 1.165) is 36.5 Å². The summed E-state index contributed by atoms with van der Waals surface area (Å²) < 4.78 is 19.6. The molecule has 0 N–H and O–H groups in total. The van der Waals surface area contributed by atoms with E-state index in [4.69, 9.17) is 4.74 Å². The van der Waals surface area contributed by atoms with Crippen molar-refractivity contribution in [2.24, 2.45) is 0 Å². The van der Waals surface area contributed by atoms with Gasteiger partial charge in [-0.3, -0.25) is 0 Å². The maximum Gasteiger partial charge on any atom is 0.149 e. The summed E-state index contributed by atoms with van der Waals surface area (Å²) in [4.78, 5) is 10.7. The van der Waals surface area contributed by atoms with Crippen molar-refractivity contribution in [3.05, 3.63) is 59.7 Å². The van der Waals surface area contributed by atoms with Gasteiger partial charge in [0.25, 0.3) is 0 Å². The van der Waals surface area contributed by atoms with Crippen molar-refractivity contribution >= 4 is 16.7 Å². The molecule has 4 nitrogen and oxygen atoms in total. The first kappa shape index (κ1) is 14.9. The maximum atomic E-state index is 14.0. The lowest BCUT2D eigenvalue weighted by molar-refractivity contribution is 0.339. The van der Waals surface area contributed by atoms with Crippen LogP contribution >= 0.6 is 0 Å². The van der Waals surface area contributed by atoms with Crippen LogP contribution in [0.2, 0.25) is 0 Å². The van der Waals surface area contributed by atoms with Crippen LogP contribution < -0.4 is 9.64 Å². The Hall–Kier alpha value is -2.69. The monoisotopic (exact) mass is 323 g/mol. The van der Waals surface area contributed by atoms with Gasteiger partial charge in [-0.15, -0.1) is 0 Å². The van der Waals surface area contributed by atoms with Crippen molar-refractivity contribution in [1.29, 1.82) is 0 Å². The van der Waals surface area contributed by atoms with E-state index in [9.17, 15) is 4.39 Å². The molecular formula is C19H18FN3O. The van der Waals surface area contributed by atoms with E-state index >= 15 is 0 Å². The first-order valence-corrected chi connectivity index (χ1v) is 8.15. The number of anilines is 1. The minimum atomic E-state index is -0.313. The summed E-state index contributed by atoms with van der Waals surface area (Å²) in [5, 5.41) is 0.752. The maximum absolute atomic E-state index is 14.0. The molecule has 1 aliphatic heterocycles. The highest BCUT2D eigenvalue weighted by atomic mass is 19.1. The first-order valence-electron chi connectivity index (χ1n) is 8.15. The van der Waals surface area contributed by atoms with Crippen molar-refractivity contribution < 1.29 is 9.13 Å². The zero-order valence-electron chi connectivity index (χ0n) is 13.5. The number of hydrogen-bond donors (Lipinski definition) is 0. The van der Waals surface area contributed by atoms with Crippen LogP contribution in [0.25, 0.3) is 10.9 Å². The molecule has 122 valence electrons. The third kappa shape index (κ3) is 2.56. The van der Waals surface area contributed by atoms with Crippen molar-refractivity contribution in [3.8, 4) is 5.75 Å². The van der Waals surface area contributed by atoms with E-state index < -0.39 is 0 Å². The molecule has 0 radical (unpaired) electrons. The number of aromatic nitrogens is 2. The zero-order valence-corrected chi connectivity index (χ0v) is 13.5. The average Bonchev–Trinajstić information content (AvgIpc) is 2.61. The molecule has 2 heterocycles. The molecule has 1 aliphatic rings. The number of nitrogens with zero attached hydrogens (tertiary/aromatic N) is 3. The summed E-state index contributed by atoms with van der Waals surface area (Å²) in [5.41, 5.74) is 2.94. The number of hydrogen-bond acceptors (Lipinski definition) is 4. The molecule has 24 heavy (non-hydrogen) atoms. The zero-order chi connectivity index (χ0) is 16.5. The van der Waals surface area contributed by atoms with Gasteiger partial charge in [0.15, 0.2) is 0 Å². The molecule has 4 rings (SSSR count). The van der Waals surface area contributed by atoms with Gasteiger partial charge >= 0.3 is 0 Å². The van der Waals surface area contributed by atoms with Gasteiger partial charge in [0.1, 0.15) is 29.2 Å². The third-order valence-corrected chi connectivity index (χ3v) is 4.40. The molecule has 0 aliphatic carbocycles. The second-order valence-electron chi connectivity index (χ2n) is 5.87. The van der Waals surface area contributed by atoms with Gasteiger partial charge in [0.05, 0.1) is 6.61 Å². The summed E-state index contributed by atoms with van der Waals surface area (Å²) >= 11 is 0. The van der Waals surface area contributed by atoms with E-state index in [1.807, 2.05) is 19.1 Å². The molecule has 0 amide bonds. The van der Waals surface area contributed by atoms with Gasteiger partial charge in [-0.2, -0.15) is 0 Å². The number of fused-ring (bicyclic) bond motifs is 2. The molecule has 0 bridgehead atoms.